The Balaban J connectivity index is 0.00000323. The molecule has 2 amide bonds. The molecule has 0 saturated carbocycles. The van der Waals surface area contributed by atoms with Crippen LogP contribution in [0.2, 0.25) is 0 Å². The number of hydrogen-bond donors (Lipinski definition) is 4. The first-order chi connectivity index (χ1) is 19.6. The maximum absolute atomic E-state index is 12.4. The van der Waals surface area contributed by atoms with Crippen molar-refractivity contribution in [2.75, 3.05) is 21.5 Å². The van der Waals surface area contributed by atoms with Crippen molar-refractivity contribution in [3.05, 3.63) is 95.6 Å². The average Bonchev–Trinajstić information content (AvgIpc) is 2.94. The molecule has 0 saturated heterocycles. The van der Waals surface area contributed by atoms with Gasteiger partial charge < -0.3 is 30.4 Å². The van der Waals surface area contributed by atoms with Crippen LogP contribution in [0.4, 0.5) is 27.5 Å². The molecule has 2 aromatic carbocycles. The summed E-state index contributed by atoms with van der Waals surface area (Å²) in [5.74, 6) is -4.46. The van der Waals surface area contributed by atoms with Crippen LogP contribution in [0, 0.1) is 0 Å². The number of carbonyl (C=O) groups excluding carboxylic acids is 5. The zero-order chi connectivity index (χ0) is 29.5. The van der Waals surface area contributed by atoms with E-state index in [0.717, 1.165) is 18.2 Å². The van der Waals surface area contributed by atoms with Gasteiger partial charge in [-0.15, -0.1) is 0 Å². The molecule has 2 aromatic rings. The third-order valence-corrected chi connectivity index (χ3v) is 5.58. The molecule has 13 nitrogen and oxygen atoms in total. The Morgan fingerprint density at radius 3 is 1.56 bits per heavy atom. The van der Waals surface area contributed by atoms with E-state index >= 15 is 0 Å². The number of ketones is 2. The monoisotopic (exact) mass is 598 g/mol. The van der Waals surface area contributed by atoms with Gasteiger partial charge >= 0.3 is 65.1 Å². The molecule has 2 aliphatic carbocycles. The molecular formula is C28H20N6Na2O7. The summed E-state index contributed by atoms with van der Waals surface area (Å²) in [5.41, 5.74) is 7.25. The minimum atomic E-state index is -1.58. The number of carboxylic acids is 2. The minimum Gasteiger partial charge on any atom is -0.545 e. The van der Waals surface area contributed by atoms with E-state index in [9.17, 15) is 34.2 Å². The first-order valence-electron chi connectivity index (χ1n) is 11.9. The van der Waals surface area contributed by atoms with Crippen LogP contribution in [0.5, 0.6) is 0 Å². The van der Waals surface area contributed by atoms with Crippen molar-refractivity contribution in [3.8, 4) is 0 Å². The van der Waals surface area contributed by atoms with E-state index in [0.29, 0.717) is 22.7 Å². The number of urea groups is 1. The van der Waals surface area contributed by atoms with Gasteiger partial charge in [-0.1, -0.05) is 0 Å². The van der Waals surface area contributed by atoms with E-state index in [1.807, 2.05) is 0 Å². The Hall–Kier alpha value is -4.11. The van der Waals surface area contributed by atoms with Crippen molar-refractivity contribution in [1.82, 2.24) is 0 Å². The molecule has 0 atom stereocenters. The Labute approximate surface area is 289 Å². The van der Waals surface area contributed by atoms with Crippen LogP contribution in [-0.4, -0.2) is 41.0 Å². The fourth-order valence-electron chi connectivity index (χ4n) is 3.53. The third-order valence-electron chi connectivity index (χ3n) is 5.58. The molecule has 0 fully saturated rings. The predicted octanol–water partition coefficient (Wildman–Crippen LogP) is -5.11. The van der Waals surface area contributed by atoms with Gasteiger partial charge in [-0.25, -0.2) is 4.79 Å². The van der Waals surface area contributed by atoms with Crippen LogP contribution < -0.4 is 90.8 Å². The predicted molar refractivity (Wildman–Crippen MR) is 147 cm³/mol. The quantitative estimate of drug-likeness (QED) is 0.0992. The summed E-state index contributed by atoms with van der Waals surface area (Å²) in [5, 5.41) is 35.6. The van der Waals surface area contributed by atoms with Crippen LogP contribution >= 0.6 is 0 Å². The number of anilines is 4. The number of carbonyl (C=O) groups is 5. The van der Waals surface area contributed by atoms with Crippen LogP contribution in [0.3, 0.4) is 0 Å². The largest absolute Gasteiger partial charge is 1.00 e. The topological polar surface area (TPSA) is 204 Å². The molecular weight excluding hydrogens is 578 g/mol. The fraction of sp³-hybridized carbons (Fsp3) is 0.0357. The van der Waals surface area contributed by atoms with E-state index in [-0.39, 0.29) is 76.1 Å². The van der Waals surface area contributed by atoms with Crippen molar-refractivity contribution in [1.29, 1.82) is 0 Å². The van der Waals surface area contributed by atoms with Crippen LogP contribution in [0.15, 0.2) is 106 Å². The van der Waals surface area contributed by atoms with Gasteiger partial charge in [0, 0.05) is 22.5 Å². The molecule has 206 valence electrons. The van der Waals surface area contributed by atoms with Gasteiger partial charge in [0.05, 0.1) is 34.7 Å². The van der Waals surface area contributed by atoms with Crippen molar-refractivity contribution in [2.24, 2.45) is 10.2 Å². The van der Waals surface area contributed by atoms with Crippen LogP contribution in [-0.2, 0) is 19.2 Å². The molecule has 2 aliphatic rings. The number of amides is 2. The summed E-state index contributed by atoms with van der Waals surface area (Å²) in [6, 6.07) is 12.5. The van der Waals surface area contributed by atoms with Gasteiger partial charge in [0.1, 0.15) is 0 Å². The molecule has 0 spiro atoms. The molecule has 4 N–H and O–H groups in total. The van der Waals surface area contributed by atoms with E-state index < -0.39 is 40.7 Å². The Bertz CT molecular complexity index is 1640. The summed E-state index contributed by atoms with van der Waals surface area (Å²) < 4.78 is 0. The number of nitrogens with one attached hydrogen (secondary N) is 4. The number of Topliss-reactive ketones (excluding diaryl/α,β-unsaturated/α-hetero) is 1. The first kappa shape index (κ1) is 35.1. The SMILES string of the molecule is CC1=C/C(=N\Nc2ccc(NC(=O)Nc3ccc(N/N=C4/C=CC(=O)C(C(=O)[O-])=C4)cc3)cc2)C=C(C(=O)[O-])C1=O.[Na+].[Na+]. The number of rotatable bonds is 8. The molecule has 0 radical (unpaired) electrons. The zero-order valence-electron chi connectivity index (χ0n) is 23.3. The van der Waals surface area contributed by atoms with E-state index in [4.69, 9.17) is 0 Å². The summed E-state index contributed by atoms with van der Waals surface area (Å²) in [6.07, 6.45) is 6.12. The van der Waals surface area contributed by atoms with E-state index in [1.54, 1.807) is 48.5 Å². The maximum Gasteiger partial charge on any atom is 1.00 e. The van der Waals surface area contributed by atoms with Gasteiger partial charge in [0.25, 0.3) is 0 Å². The van der Waals surface area contributed by atoms with Gasteiger partial charge in [-0.05, 0) is 91.4 Å². The van der Waals surface area contributed by atoms with E-state index in [2.05, 4.69) is 31.7 Å². The summed E-state index contributed by atoms with van der Waals surface area (Å²) >= 11 is 0. The zero-order valence-corrected chi connectivity index (χ0v) is 27.3. The van der Waals surface area contributed by atoms with Gasteiger partial charge in [-0.2, -0.15) is 10.2 Å². The normalized spacial score (nSPS) is 15.7. The molecule has 43 heavy (non-hydrogen) atoms. The second kappa shape index (κ2) is 15.9. The summed E-state index contributed by atoms with van der Waals surface area (Å²) in [7, 11) is 0. The second-order valence-electron chi connectivity index (χ2n) is 8.58. The van der Waals surface area contributed by atoms with Crippen molar-refractivity contribution < 1.29 is 93.3 Å². The third kappa shape index (κ3) is 9.71. The number of aliphatic carboxylic acids is 2. The van der Waals surface area contributed by atoms with Crippen molar-refractivity contribution >= 4 is 63.7 Å². The number of hydrogen-bond acceptors (Lipinski definition) is 11. The Morgan fingerprint density at radius 1 is 0.628 bits per heavy atom. The number of allylic oxidation sites excluding steroid dienone is 6. The molecule has 0 aliphatic heterocycles. The molecule has 0 bridgehead atoms. The first-order valence-corrected chi connectivity index (χ1v) is 11.9. The van der Waals surface area contributed by atoms with Crippen LogP contribution in [0.1, 0.15) is 6.92 Å². The van der Waals surface area contributed by atoms with Crippen LogP contribution in [0.25, 0.3) is 0 Å². The van der Waals surface area contributed by atoms with Gasteiger partial charge in [0.2, 0.25) is 0 Å². The number of hydrazone groups is 2. The van der Waals surface area contributed by atoms with E-state index in [1.165, 1.54) is 19.1 Å². The standard InChI is InChI=1S/C28H22N6O7.2Na/c1-15-12-21(14-23(25(15)36)27(39)40)34-32-19-8-4-17(5-9-19)30-28(41)29-16-2-6-18(7-3-16)31-33-20-10-11-24(35)22(13-20)26(37)38;;/h2-14,31-32H,1H3,(H,37,38)(H,39,40)(H2,29,30,41);;/q;2*+1/p-2/b33-20-,34-21+;;. The number of nitrogens with zero attached hydrogens (tertiary/aromatic N) is 2. The maximum atomic E-state index is 12.4. The minimum absolute atomic E-state index is 0. The summed E-state index contributed by atoms with van der Waals surface area (Å²) in [6.45, 7) is 1.48. The molecule has 15 heteroatoms. The van der Waals surface area contributed by atoms with Gasteiger partial charge in [0.15, 0.2) is 11.6 Å². The van der Waals surface area contributed by atoms with Gasteiger partial charge in [-0.3, -0.25) is 20.4 Å². The number of benzene rings is 2. The number of carboxylic acid groups (broad SMARTS) is 2. The Morgan fingerprint density at radius 2 is 1.07 bits per heavy atom. The van der Waals surface area contributed by atoms with Crippen molar-refractivity contribution in [2.45, 2.75) is 6.92 Å². The summed E-state index contributed by atoms with van der Waals surface area (Å²) in [4.78, 5) is 57.8. The second-order valence-corrected chi connectivity index (χ2v) is 8.58. The molecule has 0 unspecified atom stereocenters. The fourth-order valence-corrected chi connectivity index (χ4v) is 3.53. The molecule has 0 aromatic heterocycles. The molecule has 0 heterocycles. The molecule has 4 rings (SSSR count). The van der Waals surface area contributed by atoms with Crippen molar-refractivity contribution in [3.63, 3.8) is 0 Å². The average molecular weight is 598 g/mol. The smallest absolute Gasteiger partial charge is 0.545 e. The Kier molecular flexibility index (Phi) is 13.0.